The Kier molecular flexibility index (Phi) is 6.44. The topological polar surface area (TPSA) is 13.1 Å². The zero-order chi connectivity index (χ0) is 30.5. The SMILES string of the molecule is c1cccc(-c2cc(-c3ccc4oc5ccccc5c4c3)ccc2-c2sc(-c3ccccc3-c3ccccc3)c3c2CCC=C3)c#1. The molecule has 0 atom stereocenters. The lowest BCUT2D eigenvalue weighted by atomic mass is 9.89. The molecule has 9 rings (SSSR count). The average Bonchev–Trinajstić information content (AvgIpc) is 3.71. The van der Waals surface area contributed by atoms with Crippen LogP contribution in [0.4, 0.5) is 0 Å². The molecule has 1 aliphatic rings. The molecule has 0 radical (unpaired) electrons. The second-order valence-electron chi connectivity index (χ2n) is 11.8. The molecule has 0 saturated carbocycles. The Bertz CT molecular complexity index is 2410. The number of para-hydroxylation sites is 1. The van der Waals surface area contributed by atoms with E-state index in [9.17, 15) is 0 Å². The molecule has 0 saturated heterocycles. The summed E-state index contributed by atoms with van der Waals surface area (Å²) in [6.45, 7) is 0. The highest BCUT2D eigenvalue weighted by Crippen LogP contribution is 2.49. The fraction of sp³-hybridized carbons (Fsp3) is 0.0455. The van der Waals surface area contributed by atoms with Gasteiger partial charge in [-0.25, -0.2) is 0 Å². The van der Waals surface area contributed by atoms with Gasteiger partial charge in [0.25, 0.3) is 0 Å². The van der Waals surface area contributed by atoms with Crippen LogP contribution in [0.1, 0.15) is 17.5 Å². The van der Waals surface area contributed by atoms with E-state index < -0.39 is 0 Å². The Hall–Kier alpha value is -5.62. The van der Waals surface area contributed by atoms with Gasteiger partial charge in [0.05, 0.1) is 0 Å². The molecule has 0 N–H and O–H groups in total. The highest BCUT2D eigenvalue weighted by Gasteiger charge is 2.24. The first kappa shape index (κ1) is 26.8. The molecule has 0 amide bonds. The van der Waals surface area contributed by atoms with Crippen molar-refractivity contribution in [3.05, 3.63) is 163 Å². The third-order valence-corrected chi connectivity index (χ3v) is 10.4. The third-order valence-electron chi connectivity index (χ3n) is 9.06. The van der Waals surface area contributed by atoms with E-state index in [0.29, 0.717) is 0 Å². The number of hydrogen-bond donors (Lipinski definition) is 0. The molecule has 0 aliphatic heterocycles. The van der Waals surface area contributed by atoms with Crippen LogP contribution in [0.5, 0.6) is 0 Å². The van der Waals surface area contributed by atoms with Crippen molar-refractivity contribution in [1.82, 2.24) is 0 Å². The van der Waals surface area contributed by atoms with Gasteiger partial charge in [0.2, 0.25) is 0 Å². The first-order valence-electron chi connectivity index (χ1n) is 15.7. The molecule has 2 aromatic heterocycles. The molecule has 0 fully saturated rings. The lowest BCUT2D eigenvalue weighted by Crippen LogP contribution is -1.94. The zero-order valence-corrected chi connectivity index (χ0v) is 25.9. The van der Waals surface area contributed by atoms with E-state index >= 15 is 0 Å². The summed E-state index contributed by atoms with van der Waals surface area (Å²) in [5.74, 6) is 0. The largest absolute Gasteiger partial charge is 0.456 e. The zero-order valence-electron chi connectivity index (χ0n) is 25.1. The number of rotatable bonds is 5. The normalized spacial score (nSPS) is 12.3. The molecular weight excluding hydrogens is 577 g/mol. The molecule has 1 nitrogen and oxygen atoms in total. The molecule has 8 aromatic rings. The summed E-state index contributed by atoms with van der Waals surface area (Å²) >= 11 is 1.92. The number of fused-ring (bicyclic) bond motifs is 4. The Morgan fingerprint density at radius 2 is 1.33 bits per heavy atom. The first-order chi connectivity index (χ1) is 22.8. The van der Waals surface area contributed by atoms with Crippen LogP contribution in [-0.2, 0) is 6.42 Å². The summed E-state index contributed by atoms with van der Waals surface area (Å²) in [7, 11) is 0. The summed E-state index contributed by atoms with van der Waals surface area (Å²) in [6, 6.07) is 54.0. The van der Waals surface area contributed by atoms with Crippen LogP contribution in [0, 0.1) is 12.1 Å². The molecule has 6 aromatic carbocycles. The van der Waals surface area contributed by atoms with Gasteiger partial charge in [-0.2, -0.15) is 0 Å². The van der Waals surface area contributed by atoms with Crippen LogP contribution in [0.3, 0.4) is 0 Å². The molecule has 1 aliphatic carbocycles. The average molecular weight is 605 g/mol. The number of furan rings is 1. The molecule has 2 heteroatoms. The van der Waals surface area contributed by atoms with Gasteiger partial charge in [0, 0.05) is 37.2 Å². The van der Waals surface area contributed by atoms with Gasteiger partial charge in [-0.15, -0.1) is 11.3 Å². The van der Waals surface area contributed by atoms with Crippen molar-refractivity contribution in [3.8, 4) is 54.3 Å². The minimum Gasteiger partial charge on any atom is -0.456 e. The number of thiophene rings is 1. The summed E-state index contributed by atoms with van der Waals surface area (Å²) in [4.78, 5) is 2.67. The standard InChI is InChI=1S/C44H28OS/c1-3-13-29(14-4-1)33-17-7-8-19-35(33)43-36-20-9-10-21-37(36)44(46-43)38-25-23-31(27-39(38)30-15-5-2-6-16-30)32-24-26-42-40(28-32)34-18-11-12-22-41(34)45-42/h1-5,7-9,11-15,17-20,22-28H,10,21H2. The van der Waals surface area contributed by atoms with E-state index in [1.165, 1.54) is 59.8 Å². The van der Waals surface area contributed by atoms with Crippen molar-refractivity contribution in [3.63, 3.8) is 0 Å². The second-order valence-corrected chi connectivity index (χ2v) is 12.8. The Balaban J connectivity index is 1.24. The summed E-state index contributed by atoms with van der Waals surface area (Å²) < 4.78 is 6.13. The quantitative estimate of drug-likeness (QED) is 0.190. The predicted molar refractivity (Wildman–Crippen MR) is 194 cm³/mol. The van der Waals surface area contributed by atoms with E-state index in [1.54, 1.807) is 0 Å². The fourth-order valence-corrected chi connectivity index (χ4v) is 8.28. The van der Waals surface area contributed by atoms with Crippen molar-refractivity contribution in [2.75, 3.05) is 0 Å². The molecule has 0 unspecified atom stereocenters. The smallest absolute Gasteiger partial charge is 0.135 e. The predicted octanol–water partition coefficient (Wildman–Crippen LogP) is 12.5. The van der Waals surface area contributed by atoms with Gasteiger partial charge in [-0.3, -0.25) is 0 Å². The molecule has 0 spiro atoms. The summed E-state index contributed by atoms with van der Waals surface area (Å²) in [6.07, 6.45) is 6.75. The summed E-state index contributed by atoms with van der Waals surface area (Å²) in [5, 5.41) is 2.28. The second kappa shape index (κ2) is 11.1. The van der Waals surface area contributed by atoms with E-state index in [0.717, 1.165) is 40.3 Å². The minimum atomic E-state index is 0.911. The molecular formula is C44H28OS. The van der Waals surface area contributed by atoms with Crippen LogP contribution in [0.15, 0.2) is 144 Å². The van der Waals surface area contributed by atoms with Crippen molar-refractivity contribution in [2.24, 2.45) is 0 Å². The monoisotopic (exact) mass is 604 g/mol. The molecule has 216 valence electrons. The van der Waals surface area contributed by atoms with Crippen molar-refractivity contribution in [1.29, 1.82) is 0 Å². The highest BCUT2D eigenvalue weighted by molar-refractivity contribution is 7.19. The Morgan fingerprint density at radius 1 is 0.565 bits per heavy atom. The Labute approximate surface area is 272 Å². The lowest BCUT2D eigenvalue weighted by molar-refractivity contribution is 0.669. The third kappa shape index (κ3) is 4.48. The van der Waals surface area contributed by atoms with Crippen molar-refractivity contribution >= 4 is 39.4 Å². The molecule has 46 heavy (non-hydrogen) atoms. The van der Waals surface area contributed by atoms with Crippen LogP contribution >= 0.6 is 11.3 Å². The van der Waals surface area contributed by atoms with Gasteiger partial charge in [-0.1, -0.05) is 121 Å². The van der Waals surface area contributed by atoms with Crippen molar-refractivity contribution < 1.29 is 4.42 Å². The maximum atomic E-state index is 6.13. The van der Waals surface area contributed by atoms with Crippen molar-refractivity contribution in [2.45, 2.75) is 12.8 Å². The highest BCUT2D eigenvalue weighted by atomic mass is 32.1. The first-order valence-corrected chi connectivity index (χ1v) is 16.6. The maximum absolute atomic E-state index is 6.13. The Morgan fingerprint density at radius 3 is 2.22 bits per heavy atom. The van der Waals surface area contributed by atoms with E-state index in [2.05, 4.69) is 140 Å². The number of hydrogen-bond acceptors (Lipinski definition) is 2. The minimum absolute atomic E-state index is 0.911. The van der Waals surface area contributed by atoms with Gasteiger partial charge in [-0.05, 0) is 88.2 Å². The molecule has 2 heterocycles. The maximum Gasteiger partial charge on any atom is 0.135 e. The van der Waals surface area contributed by atoms with Crippen LogP contribution in [0.25, 0.3) is 82.3 Å². The lowest BCUT2D eigenvalue weighted by Gasteiger charge is -2.14. The van der Waals surface area contributed by atoms with E-state index in [4.69, 9.17) is 4.42 Å². The fourth-order valence-electron chi connectivity index (χ4n) is 6.86. The van der Waals surface area contributed by atoms with Gasteiger partial charge >= 0.3 is 0 Å². The van der Waals surface area contributed by atoms with Gasteiger partial charge < -0.3 is 4.42 Å². The number of benzene rings is 5. The van der Waals surface area contributed by atoms with Crippen LogP contribution in [-0.4, -0.2) is 0 Å². The summed E-state index contributed by atoms with van der Waals surface area (Å²) in [5.41, 5.74) is 14.2. The molecule has 0 bridgehead atoms. The van der Waals surface area contributed by atoms with E-state index in [1.807, 2.05) is 29.5 Å². The van der Waals surface area contributed by atoms with Gasteiger partial charge in [0.15, 0.2) is 0 Å². The van der Waals surface area contributed by atoms with Crippen LogP contribution < -0.4 is 0 Å². The van der Waals surface area contributed by atoms with E-state index in [-0.39, 0.29) is 0 Å². The van der Waals surface area contributed by atoms with Gasteiger partial charge in [0.1, 0.15) is 11.2 Å². The number of allylic oxidation sites excluding steroid dienone is 1. The van der Waals surface area contributed by atoms with Crippen LogP contribution in [0.2, 0.25) is 0 Å².